The van der Waals surface area contributed by atoms with Crippen LogP contribution in [0.1, 0.15) is 56.9 Å². The summed E-state index contributed by atoms with van der Waals surface area (Å²) in [5.74, 6) is -0.574. The van der Waals surface area contributed by atoms with Crippen LogP contribution in [-0.2, 0) is 15.0 Å². The Labute approximate surface area is 204 Å². The summed E-state index contributed by atoms with van der Waals surface area (Å²) in [7, 11) is 0. The molecule has 1 unspecified atom stereocenters. The smallest absolute Gasteiger partial charge is 0.237 e. The third-order valence-corrected chi connectivity index (χ3v) is 7.88. The van der Waals surface area contributed by atoms with Gasteiger partial charge in [-0.3, -0.25) is 14.6 Å². The summed E-state index contributed by atoms with van der Waals surface area (Å²) in [6, 6.07) is 7.42. The van der Waals surface area contributed by atoms with E-state index in [0.717, 1.165) is 49.8 Å². The van der Waals surface area contributed by atoms with Crippen molar-refractivity contribution in [1.29, 1.82) is 0 Å². The largest absolute Gasteiger partial charge is 0.354 e. The number of pyridine rings is 1. The minimum absolute atomic E-state index is 0.00187. The monoisotopic (exact) mass is 486 g/mol. The molecule has 8 heteroatoms. The highest BCUT2D eigenvalue weighted by atomic mass is 35.5. The zero-order valence-corrected chi connectivity index (χ0v) is 20.0. The van der Waals surface area contributed by atoms with Crippen LogP contribution in [0, 0.1) is 17.7 Å². The van der Waals surface area contributed by atoms with Gasteiger partial charge in [-0.25, -0.2) is 4.39 Å². The SMILES string of the molecule is NC(C(=O)NCC1(c2ccc(F)cc2Cl)CCCC1)C1CCC(C(=O)Nc2ccncc2)CC1. The predicted octanol–water partition coefficient (Wildman–Crippen LogP) is 4.57. The van der Waals surface area contributed by atoms with Crippen LogP contribution < -0.4 is 16.4 Å². The number of benzene rings is 1. The van der Waals surface area contributed by atoms with Crippen molar-refractivity contribution in [3.8, 4) is 0 Å². The molecule has 182 valence electrons. The van der Waals surface area contributed by atoms with Crippen LogP contribution in [0.15, 0.2) is 42.7 Å². The number of aromatic nitrogens is 1. The Kier molecular flexibility index (Phi) is 7.84. The summed E-state index contributed by atoms with van der Waals surface area (Å²) >= 11 is 6.38. The fraction of sp³-hybridized carbons (Fsp3) is 0.500. The molecule has 2 aromatic rings. The van der Waals surface area contributed by atoms with Gasteiger partial charge < -0.3 is 16.4 Å². The van der Waals surface area contributed by atoms with E-state index in [1.165, 1.54) is 12.1 Å². The van der Waals surface area contributed by atoms with Crippen molar-refractivity contribution in [2.45, 2.75) is 62.8 Å². The number of nitrogens with two attached hydrogens (primary N) is 1. The van der Waals surface area contributed by atoms with Crippen LogP contribution in [0.3, 0.4) is 0 Å². The highest BCUT2D eigenvalue weighted by Crippen LogP contribution is 2.43. The molecular weight excluding hydrogens is 455 g/mol. The van der Waals surface area contributed by atoms with E-state index in [1.54, 1.807) is 30.6 Å². The van der Waals surface area contributed by atoms with Gasteiger partial charge in [0.05, 0.1) is 6.04 Å². The lowest BCUT2D eigenvalue weighted by Crippen LogP contribution is -2.50. The lowest BCUT2D eigenvalue weighted by molar-refractivity contribution is -0.124. The molecule has 2 aliphatic rings. The van der Waals surface area contributed by atoms with Crippen molar-refractivity contribution in [3.63, 3.8) is 0 Å². The molecule has 2 fully saturated rings. The summed E-state index contributed by atoms with van der Waals surface area (Å²) in [4.78, 5) is 29.5. The number of halogens is 2. The molecule has 0 radical (unpaired) electrons. The van der Waals surface area contributed by atoms with Crippen molar-refractivity contribution in [2.24, 2.45) is 17.6 Å². The highest BCUT2D eigenvalue weighted by Gasteiger charge is 2.39. The number of anilines is 1. The molecule has 34 heavy (non-hydrogen) atoms. The fourth-order valence-corrected chi connectivity index (χ4v) is 5.89. The number of carbonyl (C=O) groups is 2. The summed E-state index contributed by atoms with van der Waals surface area (Å²) in [5, 5.41) is 6.41. The normalized spacial score (nSPS) is 22.7. The molecule has 0 aliphatic heterocycles. The van der Waals surface area contributed by atoms with Crippen LogP contribution in [0.4, 0.5) is 10.1 Å². The maximum absolute atomic E-state index is 13.6. The summed E-state index contributed by atoms with van der Waals surface area (Å²) in [6.45, 7) is 0.439. The van der Waals surface area contributed by atoms with Crippen molar-refractivity contribution in [3.05, 3.63) is 59.1 Å². The van der Waals surface area contributed by atoms with Gasteiger partial charge in [0.15, 0.2) is 0 Å². The average molecular weight is 487 g/mol. The van der Waals surface area contributed by atoms with Crippen molar-refractivity contribution < 1.29 is 14.0 Å². The third-order valence-electron chi connectivity index (χ3n) is 7.57. The van der Waals surface area contributed by atoms with Gasteiger partial charge in [0.1, 0.15) is 5.82 Å². The number of hydrogen-bond acceptors (Lipinski definition) is 4. The molecule has 4 rings (SSSR count). The number of nitrogens with zero attached hydrogens (tertiary/aromatic N) is 1. The van der Waals surface area contributed by atoms with Gasteiger partial charge in [0, 0.05) is 41.0 Å². The second-order valence-electron chi connectivity index (χ2n) is 9.69. The molecular formula is C26H32ClFN4O2. The van der Waals surface area contributed by atoms with E-state index in [0.29, 0.717) is 24.4 Å². The Morgan fingerprint density at radius 2 is 1.79 bits per heavy atom. The van der Waals surface area contributed by atoms with Gasteiger partial charge in [0.2, 0.25) is 11.8 Å². The molecule has 4 N–H and O–H groups in total. The van der Waals surface area contributed by atoms with Gasteiger partial charge in [0.25, 0.3) is 0 Å². The molecule has 6 nitrogen and oxygen atoms in total. The van der Waals surface area contributed by atoms with E-state index in [1.807, 2.05) is 0 Å². The van der Waals surface area contributed by atoms with Crippen molar-refractivity contribution >= 4 is 29.1 Å². The lowest BCUT2D eigenvalue weighted by atomic mass is 9.77. The first-order valence-electron chi connectivity index (χ1n) is 12.1. The molecule has 1 aromatic heterocycles. The van der Waals surface area contributed by atoms with Crippen molar-refractivity contribution in [2.75, 3.05) is 11.9 Å². The number of hydrogen-bond donors (Lipinski definition) is 3. The molecule has 1 heterocycles. The first-order chi connectivity index (χ1) is 16.4. The van der Waals surface area contributed by atoms with E-state index in [4.69, 9.17) is 17.3 Å². The summed E-state index contributed by atoms with van der Waals surface area (Å²) in [5.41, 5.74) is 7.70. The number of rotatable bonds is 7. The lowest BCUT2D eigenvalue weighted by Gasteiger charge is -2.33. The standard InChI is InChI=1S/C26H32ClFN4O2/c27-22-15-19(28)7-8-21(22)26(11-1-2-12-26)16-31-25(34)23(29)17-3-5-18(6-4-17)24(33)32-20-9-13-30-14-10-20/h7-10,13-15,17-18,23H,1-6,11-12,16,29H2,(H,31,34)(H,30,32,33). The van der Waals surface area contributed by atoms with Gasteiger partial charge >= 0.3 is 0 Å². The topological polar surface area (TPSA) is 97.1 Å². The summed E-state index contributed by atoms with van der Waals surface area (Å²) < 4.78 is 13.6. The van der Waals surface area contributed by atoms with Gasteiger partial charge in [-0.15, -0.1) is 0 Å². The van der Waals surface area contributed by atoms with Gasteiger partial charge in [-0.05, 0) is 74.3 Å². The minimum atomic E-state index is -0.619. The molecule has 1 aromatic carbocycles. The van der Waals surface area contributed by atoms with E-state index >= 15 is 0 Å². The first kappa shape index (κ1) is 24.6. The highest BCUT2D eigenvalue weighted by molar-refractivity contribution is 6.31. The zero-order chi connectivity index (χ0) is 24.1. The average Bonchev–Trinajstić information content (AvgIpc) is 3.32. The molecule has 2 aliphatic carbocycles. The first-order valence-corrected chi connectivity index (χ1v) is 12.5. The molecule has 0 spiro atoms. The molecule has 2 amide bonds. The fourth-order valence-electron chi connectivity index (χ4n) is 5.52. The van der Waals surface area contributed by atoms with Gasteiger partial charge in [-0.1, -0.05) is 30.5 Å². The van der Waals surface area contributed by atoms with Crippen LogP contribution in [0.25, 0.3) is 0 Å². The van der Waals surface area contributed by atoms with Crippen LogP contribution in [0.2, 0.25) is 5.02 Å². The van der Waals surface area contributed by atoms with E-state index in [9.17, 15) is 14.0 Å². The summed E-state index contributed by atoms with van der Waals surface area (Å²) in [6.07, 6.45) is 10.0. The second kappa shape index (κ2) is 10.8. The van der Waals surface area contributed by atoms with E-state index < -0.39 is 6.04 Å². The quantitative estimate of drug-likeness (QED) is 0.533. The van der Waals surface area contributed by atoms with Crippen LogP contribution in [0.5, 0.6) is 0 Å². The van der Waals surface area contributed by atoms with Gasteiger partial charge in [-0.2, -0.15) is 0 Å². The molecule has 2 saturated carbocycles. The van der Waals surface area contributed by atoms with Crippen molar-refractivity contribution in [1.82, 2.24) is 10.3 Å². The zero-order valence-electron chi connectivity index (χ0n) is 19.2. The number of amides is 2. The number of nitrogens with one attached hydrogen (secondary N) is 2. The Balaban J connectivity index is 1.30. The Morgan fingerprint density at radius 3 is 2.44 bits per heavy atom. The molecule has 1 atom stereocenters. The Morgan fingerprint density at radius 1 is 1.12 bits per heavy atom. The number of carbonyl (C=O) groups excluding carboxylic acids is 2. The Hall–Kier alpha value is -2.51. The molecule has 0 saturated heterocycles. The second-order valence-corrected chi connectivity index (χ2v) is 10.1. The van der Waals surface area contributed by atoms with Crippen LogP contribution in [-0.4, -0.2) is 29.4 Å². The Bertz CT molecular complexity index is 1010. The van der Waals surface area contributed by atoms with E-state index in [2.05, 4.69) is 15.6 Å². The maximum atomic E-state index is 13.6. The maximum Gasteiger partial charge on any atom is 0.237 e. The molecule has 0 bridgehead atoms. The minimum Gasteiger partial charge on any atom is -0.354 e. The van der Waals surface area contributed by atoms with Crippen LogP contribution >= 0.6 is 11.6 Å². The van der Waals surface area contributed by atoms with E-state index in [-0.39, 0.29) is 34.9 Å². The predicted molar refractivity (Wildman–Crippen MR) is 131 cm³/mol. The third kappa shape index (κ3) is 5.58.